The van der Waals surface area contributed by atoms with Crippen molar-refractivity contribution < 1.29 is 0 Å². The fourth-order valence-electron chi connectivity index (χ4n) is 2.90. The van der Waals surface area contributed by atoms with Crippen molar-refractivity contribution in [3.8, 4) is 0 Å². The predicted octanol–water partition coefficient (Wildman–Crippen LogP) is 2.68. The lowest BCUT2D eigenvalue weighted by atomic mass is 9.90. The van der Waals surface area contributed by atoms with Gasteiger partial charge in [-0.25, -0.2) is 0 Å². The van der Waals surface area contributed by atoms with E-state index in [0.29, 0.717) is 5.92 Å². The molecule has 80 valence electrons. The second-order valence-electron chi connectivity index (χ2n) is 4.83. The van der Waals surface area contributed by atoms with E-state index in [-0.39, 0.29) is 0 Å². The summed E-state index contributed by atoms with van der Waals surface area (Å²) in [6, 6.07) is 0.885. The number of likely N-dealkylation sites (tertiary alicyclic amines) is 1. The van der Waals surface area contributed by atoms with Gasteiger partial charge in [-0.15, -0.1) is 0 Å². The first-order valence-corrected chi connectivity index (χ1v) is 6.15. The van der Waals surface area contributed by atoms with Crippen LogP contribution in [0.3, 0.4) is 0 Å². The van der Waals surface area contributed by atoms with Gasteiger partial charge in [-0.3, -0.25) is 0 Å². The molecule has 0 aromatic rings. The molecule has 1 saturated heterocycles. The molecule has 0 radical (unpaired) electrons. The summed E-state index contributed by atoms with van der Waals surface area (Å²) in [5.41, 5.74) is 0. The normalized spacial score (nSPS) is 27.7. The Balaban J connectivity index is 1.78. The zero-order chi connectivity index (χ0) is 9.80. The summed E-state index contributed by atoms with van der Waals surface area (Å²) in [6.45, 7) is 2.48. The van der Waals surface area contributed by atoms with Crippen molar-refractivity contribution in [1.29, 1.82) is 5.41 Å². The number of hydrogen-bond acceptors (Lipinski definition) is 2. The van der Waals surface area contributed by atoms with Crippen LogP contribution in [0.1, 0.15) is 44.9 Å². The highest BCUT2D eigenvalue weighted by Gasteiger charge is 2.24. The molecule has 1 saturated carbocycles. The van der Waals surface area contributed by atoms with Crippen molar-refractivity contribution >= 4 is 6.21 Å². The van der Waals surface area contributed by atoms with E-state index in [0.717, 1.165) is 6.04 Å². The van der Waals surface area contributed by atoms with Crippen LogP contribution in [0.25, 0.3) is 0 Å². The average Bonchev–Trinajstić information content (AvgIpc) is 2.30. The Morgan fingerprint density at radius 2 is 1.57 bits per heavy atom. The summed E-state index contributed by atoms with van der Waals surface area (Å²) in [5, 5.41) is 7.26. The van der Waals surface area contributed by atoms with Crippen LogP contribution >= 0.6 is 0 Å². The molecule has 1 aliphatic carbocycles. The molecule has 0 atom stereocenters. The number of rotatable bonds is 2. The number of nitrogens with one attached hydrogen (secondary N) is 1. The van der Waals surface area contributed by atoms with Crippen LogP contribution in [0.15, 0.2) is 0 Å². The number of piperidine rings is 1. The highest BCUT2D eigenvalue weighted by molar-refractivity contribution is 5.56. The van der Waals surface area contributed by atoms with Crippen molar-refractivity contribution in [3.63, 3.8) is 0 Å². The fourth-order valence-corrected chi connectivity index (χ4v) is 2.90. The third kappa shape index (κ3) is 2.35. The van der Waals surface area contributed by atoms with Gasteiger partial charge in [0.05, 0.1) is 0 Å². The molecule has 2 aliphatic rings. The fraction of sp³-hybridized carbons (Fsp3) is 0.917. The van der Waals surface area contributed by atoms with Crippen LogP contribution in [0.4, 0.5) is 0 Å². The first-order chi connectivity index (χ1) is 6.90. The second-order valence-corrected chi connectivity index (χ2v) is 4.83. The second kappa shape index (κ2) is 4.92. The lowest BCUT2D eigenvalue weighted by Gasteiger charge is -2.38. The average molecular weight is 194 g/mol. The highest BCUT2D eigenvalue weighted by Crippen LogP contribution is 2.26. The Morgan fingerprint density at radius 1 is 0.929 bits per heavy atom. The van der Waals surface area contributed by atoms with Crippen LogP contribution in [0.2, 0.25) is 0 Å². The standard InChI is InChI=1S/C12H22N2/c13-10-11-6-8-14(9-7-11)12-4-2-1-3-5-12/h10-13H,1-9H2. The minimum absolute atomic E-state index is 0.579. The van der Waals surface area contributed by atoms with E-state index in [1.54, 1.807) is 6.21 Å². The molecule has 1 heterocycles. The topological polar surface area (TPSA) is 27.1 Å². The minimum atomic E-state index is 0.579. The molecule has 0 aromatic carbocycles. The Labute approximate surface area is 87.2 Å². The molecular weight excluding hydrogens is 172 g/mol. The van der Waals surface area contributed by atoms with Crippen LogP contribution in [0.5, 0.6) is 0 Å². The van der Waals surface area contributed by atoms with E-state index in [2.05, 4.69) is 4.90 Å². The maximum absolute atomic E-state index is 7.26. The quantitative estimate of drug-likeness (QED) is 0.672. The van der Waals surface area contributed by atoms with Crippen molar-refractivity contribution in [2.45, 2.75) is 51.0 Å². The molecule has 2 fully saturated rings. The van der Waals surface area contributed by atoms with Crippen LogP contribution < -0.4 is 0 Å². The third-order valence-corrected chi connectivity index (χ3v) is 3.90. The zero-order valence-corrected chi connectivity index (χ0v) is 9.04. The molecule has 0 spiro atoms. The summed E-state index contributed by atoms with van der Waals surface area (Å²) in [4.78, 5) is 2.68. The van der Waals surface area contributed by atoms with Crippen molar-refractivity contribution in [2.24, 2.45) is 5.92 Å². The molecule has 0 bridgehead atoms. The molecule has 2 heteroatoms. The predicted molar refractivity (Wildman–Crippen MR) is 60.0 cm³/mol. The summed E-state index contributed by atoms with van der Waals surface area (Å²) in [6.07, 6.45) is 11.3. The van der Waals surface area contributed by atoms with Gasteiger partial charge in [0.2, 0.25) is 0 Å². The van der Waals surface area contributed by atoms with Gasteiger partial charge in [-0.2, -0.15) is 0 Å². The van der Waals surface area contributed by atoms with Gasteiger partial charge in [0.25, 0.3) is 0 Å². The van der Waals surface area contributed by atoms with E-state index in [1.165, 1.54) is 58.0 Å². The SMILES string of the molecule is N=CC1CCN(C2CCCCC2)CC1. The van der Waals surface area contributed by atoms with Gasteiger partial charge in [-0.05, 0) is 50.9 Å². The van der Waals surface area contributed by atoms with Gasteiger partial charge in [0.1, 0.15) is 0 Å². The van der Waals surface area contributed by atoms with Crippen LogP contribution in [0, 0.1) is 11.3 Å². The minimum Gasteiger partial charge on any atom is -0.313 e. The van der Waals surface area contributed by atoms with Gasteiger partial charge in [0.15, 0.2) is 0 Å². The monoisotopic (exact) mass is 194 g/mol. The molecule has 2 nitrogen and oxygen atoms in total. The van der Waals surface area contributed by atoms with Gasteiger partial charge in [0, 0.05) is 6.04 Å². The molecule has 0 unspecified atom stereocenters. The molecule has 0 amide bonds. The maximum atomic E-state index is 7.26. The van der Waals surface area contributed by atoms with Gasteiger partial charge in [-0.1, -0.05) is 19.3 Å². The Morgan fingerprint density at radius 3 is 2.14 bits per heavy atom. The Kier molecular flexibility index (Phi) is 3.57. The van der Waals surface area contributed by atoms with Crippen molar-refractivity contribution in [2.75, 3.05) is 13.1 Å². The first-order valence-electron chi connectivity index (χ1n) is 6.15. The number of nitrogens with zero attached hydrogens (tertiary/aromatic N) is 1. The smallest absolute Gasteiger partial charge is 0.00952 e. The van der Waals surface area contributed by atoms with Gasteiger partial charge < -0.3 is 10.3 Å². The van der Waals surface area contributed by atoms with E-state index in [1.807, 2.05) is 0 Å². The third-order valence-electron chi connectivity index (χ3n) is 3.90. The zero-order valence-electron chi connectivity index (χ0n) is 9.04. The summed E-state index contributed by atoms with van der Waals surface area (Å²) >= 11 is 0. The summed E-state index contributed by atoms with van der Waals surface area (Å²) in [5.74, 6) is 0.579. The molecule has 0 aromatic heterocycles. The molecule has 1 aliphatic heterocycles. The Bertz CT molecular complexity index is 177. The lowest BCUT2D eigenvalue weighted by molar-refractivity contribution is 0.121. The van der Waals surface area contributed by atoms with Crippen molar-refractivity contribution in [3.05, 3.63) is 0 Å². The first kappa shape index (κ1) is 10.2. The van der Waals surface area contributed by atoms with Crippen molar-refractivity contribution in [1.82, 2.24) is 4.90 Å². The number of hydrogen-bond donors (Lipinski definition) is 1. The van der Waals surface area contributed by atoms with E-state index in [4.69, 9.17) is 5.41 Å². The molecule has 14 heavy (non-hydrogen) atoms. The van der Waals surface area contributed by atoms with Crippen LogP contribution in [-0.4, -0.2) is 30.2 Å². The van der Waals surface area contributed by atoms with E-state index < -0.39 is 0 Å². The lowest BCUT2D eigenvalue weighted by Crippen LogP contribution is -2.42. The Hall–Kier alpha value is -0.370. The summed E-state index contributed by atoms with van der Waals surface area (Å²) < 4.78 is 0. The summed E-state index contributed by atoms with van der Waals surface area (Å²) in [7, 11) is 0. The molecular formula is C12H22N2. The maximum Gasteiger partial charge on any atom is 0.00952 e. The van der Waals surface area contributed by atoms with E-state index >= 15 is 0 Å². The largest absolute Gasteiger partial charge is 0.313 e. The highest BCUT2D eigenvalue weighted by atomic mass is 15.2. The molecule has 2 rings (SSSR count). The van der Waals surface area contributed by atoms with E-state index in [9.17, 15) is 0 Å². The molecule has 1 N–H and O–H groups in total. The van der Waals surface area contributed by atoms with Crippen LogP contribution in [-0.2, 0) is 0 Å². The van der Waals surface area contributed by atoms with Gasteiger partial charge >= 0.3 is 0 Å².